The molecule has 3 rings (SSSR count). The summed E-state index contributed by atoms with van der Waals surface area (Å²) < 4.78 is 32.7. The van der Waals surface area contributed by atoms with Crippen molar-refractivity contribution in [2.45, 2.75) is 6.92 Å². The van der Waals surface area contributed by atoms with Gasteiger partial charge in [-0.05, 0) is 30.7 Å². The molecule has 1 aromatic heterocycles. The van der Waals surface area contributed by atoms with Gasteiger partial charge in [0.2, 0.25) is 0 Å². The Labute approximate surface area is 134 Å². The lowest BCUT2D eigenvalue weighted by Crippen LogP contribution is -2.05. The molecule has 23 heavy (non-hydrogen) atoms. The van der Waals surface area contributed by atoms with Crippen LogP contribution in [0.4, 0.5) is 0 Å². The van der Waals surface area contributed by atoms with Gasteiger partial charge in [-0.3, -0.25) is 0 Å². The van der Waals surface area contributed by atoms with Crippen LogP contribution in [0.1, 0.15) is 5.56 Å². The summed E-state index contributed by atoms with van der Waals surface area (Å²) in [6, 6.07) is 10.7. The Hall–Kier alpha value is -2.54. The standard InChI is InChI=1S/C16H16N2O4S/c1-10-5-4-6-13-15(10)18-16(17-13)12-8-7-11(9-14(12)21-2)22-23(3,19)20/h4-9H,1-3H3,(H,17,18). The SMILES string of the molecule is COc1cc(OS(C)(=O)=O)ccc1-c1nc2c(C)cccc2[nH]1. The van der Waals surface area contributed by atoms with Crippen LogP contribution in [0.15, 0.2) is 36.4 Å². The zero-order valence-electron chi connectivity index (χ0n) is 13.0. The number of methoxy groups -OCH3 is 1. The van der Waals surface area contributed by atoms with Gasteiger partial charge >= 0.3 is 10.1 Å². The number of aromatic amines is 1. The average molecular weight is 332 g/mol. The number of aryl methyl sites for hydroxylation is 1. The van der Waals surface area contributed by atoms with Gasteiger partial charge in [-0.1, -0.05) is 12.1 Å². The molecule has 120 valence electrons. The zero-order valence-corrected chi connectivity index (χ0v) is 13.8. The van der Waals surface area contributed by atoms with Crippen LogP contribution >= 0.6 is 0 Å². The van der Waals surface area contributed by atoms with E-state index in [9.17, 15) is 8.42 Å². The van der Waals surface area contributed by atoms with Crippen molar-refractivity contribution in [3.63, 3.8) is 0 Å². The maximum Gasteiger partial charge on any atom is 0.306 e. The summed E-state index contributed by atoms with van der Waals surface area (Å²) in [5.74, 6) is 1.32. The Balaban J connectivity index is 2.09. The first-order valence-electron chi connectivity index (χ1n) is 6.90. The normalized spacial score (nSPS) is 11.6. The number of hydrogen-bond acceptors (Lipinski definition) is 5. The summed E-state index contributed by atoms with van der Waals surface area (Å²) >= 11 is 0. The third-order valence-electron chi connectivity index (χ3n) is 3.39. The molecule has 0 unspecified atom stereocenters. The molecule has 0 saturated carbocycles. The fraction of sp³-hybridized carbons (Fsp3) is 0.188. The maximum absolute atomic E-state index is 11.2. The molecule has 7 heteroatoms. The number of benzene rings is 2. The Kier molecular flexibility index (Phi) is 3.73. The second kappa shape index (κ2) is 5.58. The number of nitrogens with zero attached hydrogens (tertiary/aromatic N) is 1. The number of para-hydroxylation sites is 1. The Morgan fingerprint density at radius 1 is 1.17 bits per heavy atom. The summed E-state index contributed by atoms with van der Waals surface area (Å²) in [4.78, 5) is 7.85. The van der Waals surface area contributed by atoms with Gasteiger partial charge < -0.3 is 13.9 Å². The zero-order chi connectivity index (χ0) is 16.6. The molecule has 6 nitrogen and oxygen atoms in total. The minimum atomic E-state index is -3.58. The molecule has 0 amide bonds. The van der Waals surface area contributed by atoms with E-state index in [-0.39, 0.29) is 5.75 Å². The largest absolute Gasteiger partial charge is 0.496 e. The first-order valence-corrected chi connectivity index (χ1v) is 8.72. The van der Waals surface area contributed by atoms with E-state index in [0.29, 0.717) is 11.6 Å². The average Bonchev–Trinajstić information content (AvgIpc) is 2.90. The van der Waals surface area contributed by atoms with E-state index in [1.54, 1.807) is 12.1 Å². The number of rotatable bonds is 4. The van der Waals surface area contributed by atoms with Gasteiger partial charge in [0.1, 0.15) is 17.3 Å². The van der Waals surface area contributed by atoms with E-state index in [4.69, 9.17) is 8.92 Å². The predicted molar refractivity (Wildman–Crippen MR) is 88.3 cm³/mol. The third kappa shape index (κ3) is 3.14. The lowest BCUT2D eigenvalue weighted by Gasteiger charge is -2.09. The van der Waals surface area contributed by atoms with Crippen LogP contribution in [0, 0.1) is 6.92 Å². The molecule has 0 aliphatic carbocycles. The summed E-state index contributed by atoms with van der Waals surface area (Å²) in [6.07, 6.45) is 0.995. The molecular weight excluding hydrogens is 316 g/mol. The number of nitrogens with one attached hydrogen (secondary N) is 1. The van der Waals surface area contributed by atoms with Gasteiger partial charge in [-0.25, -0.2) is 4.98 Å². The third-order valence-corrected chi connectivity index (χ3v) is 3.89. The molecule has 0 bridgehead atoms. The van der Waals surface area contributed by atoms with Crippen molar-refractivity contribution in [1.82, 2.24) is 9.97 Å². The molecular formula is C16H16N2O4S. The fourth-order valence-electron chi connectivity index (χ4n) is 2.40. The topological polar surface area (TPSA) is 81.3 Å². The van der Waals surface area contributed by atoms with Crippen molar-refractivity contribution in [3.05, 3.63) is 42.0 Å². The molecule has 0 fully saturated rings. The first kappa shape index (κ1) is 15.4. The van der Waals surface area contributed by atoms with Crippen molar-refractivity contribution in [2.24, 2.45) is 0 Å². The molecule has 3 aromatic rings. The number of H-pyrrole nitrogens is 1. The Morgan fingerprint density at radius 3 is 2.61 bits per heavy atom. The van der Waals surface area contributed by atoms with E-state index >= 15 is 0 Å². The quantitative estimate of drug-likeness (QED) is 0.743. The van der Waals surface area contributed by atoms with Gasteiger partial charge in [0.05, 0.1) is 30.0 Å². The molecule has 0 aliphatic rings. The number of imidazole rings is 1. The van der Waals surface area contributed by atoms with E-state index in [2.05, 4.69) is 9.97 Å². The van der Waals surface area contributed by atoms with Crippen molar-refractivity contribution in [1.29, 1.82) is 0 Å². The monoisotopic (exact) mass is 332 g/mol. The van der Waals surface area contributed by atoms with Gasteiger partial charge in [0.25, 0.3) is 0 Å². The number of aromatic nitrogens is 2. The van der Waals surface area contributed by atoms with Crippen LogP contribution in [0.2, 0.25) is 0 Å². The lowest BCUT2D eigenvalue weighted by molar-refractivity contribution is 0.413. The van der Waals surface area contributed by atoms with E-state index in [1.165, 1.54) is 13.2 Å². The van der Waals surface area contributed by atoms with Crippen molar-refractivity contribution in [2.75, 3.05) is 13.4 Å². The molecule has 0 atom stereocenters. The highest BCUT2D eigenvalue weighted by Gasteiger charge is 2.14. The van der Waals surface area contributed by atoms with E-state index in [0.717, 1.165) is 28.4 Å². The summed E-state index contributed by atoms with van der Waals surface area (Å²) in [7, 11) is -2.07. The summed E-state index contributed by atoms with van der Waals surface area (Å²) in [5, 5.41) is 0. The van der Waals surface area contributed by atoms with E-state index < -0.39 is 10.1 Å². The van der Waals surface area contributed by atoms with Crippen molar-refractivity contribution >= 4 is 21.2 Å². The molecule has 0 saturated heterocycles. The maximum atomic E-state index is 11.2. The van der Waals surface area contributed by atoms with Crippen LogP contribution in [0.25, 0.3) is 22.4 Å². The molecule has 1 N–H and O–H groups in total. The van der Waals surface area contributed by atoms with Crippen LogP contribution < -0.4 is 8.92 Å². The van der Waals surface area contributed by atoms with Crippen LogP contribution in [-0.2, 0) is 10.1 Å². The molecule has 0 aliphatic heterocycles. The molecule has 2 aromatic carbocycles. The number of ether oxygens (including phenoxy) is 1. The summed E-state index contributed by atoms with van der Waals surface area (Å²) in [6.45, 7) is 1.99. The van der Waals surface area contributed by atoms with Gasteiger partial charge in [-0.2, -0.15) is 8.42 Å². The molecule has 1 heterocycles. The smallest absolute Gasteiger partial charge is 0.306 e. The number of hydrogen-bond donors (Lipinski definition) is 1. The highest BCUT2D eigenvalue weighted by molar-refractivity contribution is 7.86. The van der Waals surface area contributed by atoms with Crippen LogP contribution in [0.3, 0.4) is 0 Å². The minimum Gasteiger partial charge on any atom is -0.496 e. The minimum absolute atomic E-state index is 0.195. The second-order valence-electron chi connectivity index (χ2n) is 5.21. The molecule has 0 spiro atoms. The van der Waals surface area contributed by atoms with Gasteiger partial charge in [0.15, 0.2) is 0 Å². The first-order chi connectivity index (χ1) is 10.9. The summed E-state index contributed by atoms with van der Waals surface area (Å²) in [5.41, 5.74) is 3.62. The predicted octanol–water partition coefficient (Wildman–Crippen LogP) is 2.89. The lowest BCUT2D eigenvalue weighted by atomic mass is 10.2. The van der Waals surface area contributed by atoms with Crippen molar-refractivity contribution < 1.29 is 17.3 Å². The van der Waals surface area contributed by atoms with Crippen LogP contribution in [-0.4, -0.2) is 31.8 Å². The molecule has 0 radical (unpaired) electrons. The second-order valence-corrected chi connectivity index (χ2v) is 6.78. The van der Waals surface area contributed by atoms with Crippen molar-refractivity contribution in [3.8, 4) is 22.9 Å². The van der Waals surface area contributed by atoms with Crippen LogP contribution in [0.5, 0.6) is 11.5 Å². The Morgan fingerprint density at radius 2 is 1.96 bits per heavy atom. The Bertz CT molecular complexity index is 977. The van der Waals surface area contributed by atoms with Gasteiger partial charge in [0, 0.05) is 6.07 Å². The number of fused-ring (bicyclic) bond motifs is 1. The highest BCUT2D eigenvalue weighted by Crippen LogP contribution is 2.33. The highest BCUT2D eigenvalue weighted by atomic mass is 32.2. The van der Waals surface area contributed by atoms with E-state index in [1.807, 2.05) is 25.1 Å². The van der Waals surface area contributed by atoms with Gasteiger partial charge in [-0.15, -0.1) is 0 Å². The fourth-order valence-corrected chi connectivity index (χ4v) is 2.85.